The number of aromatic nitrogens is 4. The van der Waals surface area contributed by atoms with Crippen LogP contribution in [0.1, 0.15) is 37.1 Å². The Kier molecular flexibility index (Phi) is 8.71. The Bertz CT molecular complexity index is 1900. The molecule has 0 amide bonds. The summed E-state index contributed by atoms with van der Waals surface area (Å²) in [6.07, 6.45) is 2.67. The van der Waals surface area contributed by atoms with Crippen LogP contribution < -0.4 is 15.4 Å². The lowest BCUT2D eigenvalue weighted by molar-refractivity contribution is 0.0613. The molecule has 3 heterocycles. The second kappa shape index (κ2) is 12.9. The molecule has 0 spiro atoms. The number of hydrogen-bond donors (Lipinski definition) is 4. The first-order valence-electron chi connectivity index (χ1n) is 15.6. The molecule has 2 aliphatic rings. The minimum absolute atomic E-state index is 0.201. The summed E-state index contributed by atoms with van der Waals surface area (Å²) in [5.74, 6) is 1.42. The van der Waals surface area contributed by atoms with Crippen molar-refractivity contribution in [2.24, 2.45) is 7.05 Å². The predicted molar refractivity (Wildman–Crippen MR) is 181 cm³/mol. The Morgan fingerprint density at radius 2 is 1.28 bits per heavy atom. The zero-order chi connectivity index (χ0) is 31.9. The summed E-state index contributed by atoms with van der Waals surface area (Å²) < 4.78 is 7.68. The summed E-state index contributed by atoms with van der Waals surface area (Å²) in [5.41, 5.74) is 7.07. The van der Waals surface area contributed by atoms with Crippen LogP contribution in [0.4, 0.5) is 0 Å². The van der Waals surface area contributed by atoms with Gasteiger partial charge >= 0.3 is 0 Å². The molecule has 0 atom stereocenters. The minimum Gasteiger partial charge on any atom is -0.481 e. The Labute approximate surface area is 277 Å². The van der Waals surface area contributed by atoms with Gasteiger partial charge in [-0.25, -0.2) is 15.0 Å². The zero-order valence-corrected chi connectivity index (χ0v) is 27.2. The third kappa shape index (κ3) is 5.99. The van der Waals surface area contributed by atoms with E-state index in [2.05, 4.69) is 10.6 Å². The first kappa shape index (κ1) is 31.1. The number of halogens is 2. The number of aliphatic hydroxyl groups excluding tert-OH is 2. The maximum absolute atomic E-state index is 9.59. The van der Waals surface area contributed by atoms with Gasteiger partial charge in [0.2, 0.25) is 5.88 Å². The van der Waals surface area contributed by atoms with E-state index in [1.165, 1.54) is 0 Å². The molecule has 7 rings (SSSR count). The van der Waals surface area contributed by atoms with Crippen molar-refractivity contribution in [1.82, 2.24) is 30.2 Å². The molecule has 0 bridgehead atoms. The molecular weight excluding hydrogens is 623 g/mol. The van der Waals surface area contributed by atoms with Crippen LogP contribution >= 0.6 is 23.2 Å². The number of ether oxygens (including phenoxy) is 1. The number of nitrogens with one attached hydrogen (secondary N) is 2. The Balaban J connectivity index is 1.15. The quantitative estimate of drug-likeness (QED) is 0.146. The van der Waals surface area contributed by atoms with Crippen LogP contribution in [0.2, 0.25) is 10.0 Å². The average Bonchev–Trinajstić information content (AvgIpc) is 3.35. The Morgan fingerprint density at radius 1 is 0.739 bits per heavy atom. The second-order valence-electron chi connectivity index (χ2n) is 12.2. The minimum atomic E-state index is -0.209. The molecule has 2 fully saturated rings. The fraction of sp³-hybridized carbons (Fsp3) is 0.343. The molecule has 0 unspecified atom stereocenters. The normalized spacial score (nSPS) is 20.8. The lowest BCUT2D eigenvalue weighted by Crippen LogP contribution is -2.44. The molecule has 11 heteroatoms. The largest absolute Gasteiger partial charge is 0.481 e. The van der Waals surface area contributed by atoms with Gasteiger partial charge in [0.25, 0.3) is 0 Å². The van der Waals surface area contributed by atoms with Gasteiger partial charge in [-0.3, -0.25) is 0 Å². The van der Waals surface area contributed by atoms with Crippen LogP contribution in [0.3, 0.4) is 0 Å². The monoisotopic (exact) mass is 658 g/mol. The van der Waals surface area contributed by atoms with E-state index in [9.17, 15) is 10.2 Å². The molecule has 0 aliphatic heterocycles. The molecular formula is C35H36Cl2N6O3. The van der Waals surface area contributed by atoms with Crippen LogP contribution in [0.5, 0.6) is 5.88 Å². The van der Waals surface area contributed by atoms with E-state index in [0.29, 0.717) is 52.4 Å². The van der Waals surface area contributed by atoms with Crippen LogP contribution in [0.25, 0.3) is 44.8 Å². The topological polar surface area (TPSA) is 117 Å². The molecule has 2 aromatic carbocycles. The van der Waals surface area contributed by atoms with Crippen molar-refractivity contribution in [3.05, 3.63) is 82.1 Å². The molecule has 46 heavy (non-hydrogen) atoms. The van der Waals surface area contributed by atoms with E-state index in [1.807, 2.05) is 72.3 Å². The first-order valence-corrected chi connectivity index (χ1v) is 16.3. The van der Waals surface area contributed by atoms with E-state index in [0.717, 1.165) is 70.5 Å². The Hall–Kier alpha value is -3.57. The summed E-state index contributed by atoms with van der Waals surface area (Å²) >= 11 is 14.2. The van der Waals surface area contributed by atoms with Crippen LogP contribution in [0, 0.1) is 0 Å². The number of benzene rings is 2. The van der Waals surface area contributed by atoms with Crippen LogP contribution in [-0.2, 0) is 20.1 Å². The van der Waals surface area contributed by atoms with Gasteiger partial charge in [-0.2, -0.15) is 0 Å². The molecule has 5 aromatic rings. The first-order chi connectivity index (χ1) is 22.3. The van der Waals surface area contributed by atoms with E-state index >= 15 is 0 Å². The SMILES string of the molecule is COc1nc(-c2cccc(-c3cccc(-c4ccc5c(n4)nc(CN[C@H]4C[C@H](O)C4)n5C)c3Cl)c2Cl)ccc1CN[C@H]1C[C@@H](O)C1. The van der Waals surface area contributed by atoms with Crippen LogP contribution in [0.15, 0.2) is 60.7 Å². The van der Waals surface area contributed by atoms with Crippen molar-refractivity contribution < 1.29 is 14.9 Å². The average molecular weight is 660 g/mol. The molecule has 238 valence electrons. The van der Waals surface area contributed by atoms with Crippen molar-refractivity contribution in [3.8, 4) is 39.5 Å². The highest BCUT2D eigenvalue weighted by atomic mass is 35.5. The number of imidazole rings is 1. The molecule has 0 saturated heterocycles. The van der Waals surface area contributed by atoms with Gasteiger partial charge in [-0.15, -0.1) is 0 Å². The summed E-state index contributed by atoms with van der Waals surface area (Å²) in [6, 6.07) is 20.3. The van der Waals surface area contributed by atoms with E-state index in [4.69, 9.17) is 42.9 Å². The van der Waals surface area contributed by atoms with E-state index < -0.39 is 0 Å². The number of hydrogen-bond acceptors (Lipinski definition) is 8. The number of aryl methyl sites for hydroxylation is 1. The third-order valence-electron chi connectivity index (χ3n) is 9.17. The van der Waals surface area contributed by atoms with Gasteiger partial charge < -0.3 is 30.2 Å². The van der Waals surface area contributed by atoms with Crippen molar-refractivity contribution in [1.29, 1.82) is 0 Å². The molecule has 9 nitrogen and oxygen atoms in total. The molecule has 4 N–H and O–H groups in total. The number of aliphatic hydroxyl groups is 2. The number of methoxy groups -OCH3 is 1. The highest BCUT2D eigenvalue weighted by Gasteiger charge is 2.28. The third-order valence-corrected chi connectivity index (χ3v) is 9.98. The second-order valence-corrected chi connectivity index (χ2v) is 13.0. The van der Waals surface area contributed by atoms with Gasteiger partial charge in [0.1, 0.15) is 5.82 Å². The highest BCUT2D eigenvalue weighted by molar-refractivity contribution is 6.39. The number of nitrogens with zero attached hydrogens (tertiary/aromatic N) is 4. The van der Waals surface area contributed by atoms with Gasteiger partial charge in [0, 0.05) is 53.5 Å². The molecule has 2 saturated carbocycles. The number of rotatable bonds is 10. The van der Waals surface area contributed by atoms with Crippen molar-refractivity contribution in [2.45, 2.75) is 63.1 Å². The number of pyridine rings is 2. The fourth-order valence-electron chi connectivity index (χ4n) is 6.23. The summed E-state index contributed by atoms with van der Waals surface area (Å²) in [4.78, 5) is 14.5. The number of fused-ring (bicyclic) bond motifs is 1. The smallest absolute Gasteiger partial charge is 0.218 e. The van der Waals surface area contributed by atoms with Crippen molar-refractivity contribution in [3.63, 3.8) is 0 Å². The van der Waals surface area contributed by atoms with E-state index in [1.54, 1.807) is 7.11 Å². The van der Waals surface area contributed by atoms with Crippen LogP contribution in [-0.4, -0.2) is 61.1 Å². The van der Waals surface area contributed by atoms with Crippen molar-refractivity contribution >= 4 is 34.4 Å². The summed E-state index contributed by atoms with van der Waals surface area (Å²) in [5, 5.41) is 27.2. The molecule has 0 radical (unpaired) electrons. The molecule has 3 aromatic heterocycles. The lowest BCUT2D eigenvalue weighted by atomic mass is 9.89. The zero-order valence-electron chi connectivity index (χ0n) is 25.7. The van der Waals surface area contributed by atoms with E-state index in [-0.39, 0.29) is 12.2 Å². The summed E-state index contributed by atoms with van der Waals surface area (Å²) in [6.45, 7) is 1.21. The lowest BCUT2D eigenvalue weighted by Gasteiger charge is -2.32. The van der Waals surface area contributed by atoms with Crippen molar-refractivity contribution in [2.75, 3.05) is 7.11 Å². The predicted octanol–water partition coefficient (Wildman–Crippen LogP) is 5.91. The Morgan fingerprint density at radius 3 is 1.87 bits per heavy atom. The van der Waals surface area contributed by atoms with Gasteiger partial charge in [0.05, 0.1) is 52.8 Å². The van der Waals surface area contributed by atoms with Gasteiger partial charge in [0.15, 0.2) is 5.65 Å². The maximum atomic E-state index is 9.59. The maximum Gasteiger partial charge on any atom is 0.218 e. The standard InChI is InChI=1S/C35H36Cl2N6O3/c1-43-30-12-11-28(40-34(30)42-31(43)18-39-21-15-23(45)16-21)26-7-3-5-24(32(26)36)25-6-4-8-27(33(25)37)29-10-9-19(35(41-29)46-2)17-38-20-13-22(44)14-20/h3-12,20-23,38-39,44-45H,13-18H2,1-2H3/t20-,21-,22+,23-. The highest BCUT2D eigenvalue weighted by Crippen LogP contribution is 2.42. The summed E-state index contributed by atoms with van der Waals surface area (Å²) in [7, 11) is 3.60. The molecule has 2 aliphatic carbocycles. The fourth-order valence-corrected chi connectivity index (χ4v) is 6.88. The van der Waals surface area contributed by atoms with Gasteiger partial charge in [-0.05, 0) is 43.9 Å². The van der Waals surface area contributed by atoms with Gasteiger partial charge in [-0.1, -0.05) is 65.7 Å².